The molecule has 0 aliphatic carbocycles. The molecule has 0 aromatic heterocycles. The van der Waals surface area contributed by atoms with Crippen LogP contribution >= 0.6 is 24.0 Å². The van der Waals surface area contributed by atoms with Crippen LogP contribution in [0.4, 0.5) is 5.69 Å². The van der Waals surface area contributed by atoms with Crippen molar-refractivity contribution in [1.29, 1.82) is 0 Å². The van der Waals surface area contributed by atoms with E-state index in [1.54, 1.807) is 23.9 Å². The fraction of sp³-hybridized carbons (Fsp3) is 0.273. The molecule has 0 spiro atoms. The number of nitro benzene ring substituents is 1. The number of rotatable bonds is 2. The molecule has 1 aromatic rings. The lowest BCUT2D eigenvalue weighted by molar-refractivity contribution is -0.384. The van der Waals surface area contributed by atoms with E-state index < -0.39 is 4.92 Å². The Labute approximate surface area is 119 Å². The first-order valence-corrected chi connectivity index (χ1v) is 7.01. The summed E-state index contributed by atoms with van der Waals surface area (Å²) >= 11 is 6.38. The molecular formula is C11H12N4O2S2. The molecule has 8 heteroatoms. The molecule has 0 amide bonds. The summed E-state index contributed by atoms with van der Waals surface area (Å²) in [5.74, 6) is 0.955. The van der Waals surface area contributed by atoms with Gasteiger partial charge in [0.25, 0.3) is 5.69 Å². The van der Waals surface area contributed by atoms with Crippen LogP contribution in [0, 0.1) is 10.1 Å². The second-order valence-electron chi connectivity index (χ2n) is 3.92. The molecule has 19 heavy (non-hydrogen) atoms. The molecule has 0 fully saturated rings. The Morgan fingerprint density at radius 3 is 3.05 bits per heavy atom. The van der Waals surface area contributed by atoms with Crippen LogP contribution < -0.4 is 11.2 Å². The highest BCUT2D eigenvalue weighted by Gasteiger charge is 2.18. The number of thioether (sulfide) groups is 1. The average molecular weight is 296 g/mol. The Kier molecular flexibility index (Phi) is 4.33. The minimum Gasteiger partial charge on any atom is -0.375 e. The lowest BCUT2D eigenvalue weighted by Crippen LogP contribution is -2.25. The summed E-state index contributed by atoms with van der Waals surface area (Å²) in [6.07, 6.45) is 1.68. The number of hydrogen-bond donors (Lipinski definition) is 2. The summed E-state index contributed by atoms with van der Waals surface area (Å²) in [7, 11) is 0. The van der Waals surface area contributed by atoms with Gasteiger partial charge in [-0.2, -0.15) is 5.10 Å². The van der Waals surface area contributed by atoms with Crippen LogP contribution in [0.2, 0.25) is 0 Å². The SMILES string of the molecule is NC(=S)N/N=C1\CCCSc2ccc([N+](=O)[O-])cc21. The second-order valence-corrected chi connectivity index (χ2v) is 5.50. The zero-order valence-electron chi connectivity index (χ0n) is 9.96. The van der Waals surface area contributed by atoms with Crippen molar-refractivity contribution in [2.75, 3.05) is 5.75 Å². The first-order chi connectivity index (χ1) is 9.08. The molecule has 100 valence electrons. The van der Waals surface area contributed by atoms with Gasteiger partial charge in [0.1, 0.15) is 0 Å². The van der Waals surface area contributed by atoms with Gasteiger partial charge in [0.2, 0.25) is 0 Å². The van der Waals surface area contributed by atoms with Crippen LogP contribution in [0.15, 0.2) is 28.2 Å². The zero-order valence-corrected chi connectivity index (χ0v) is 11.6. The second kappa shape index (κ2) is 5.98. The molecule has 0 atom stereocenters. The van der Waals surface area contributed by atoms with Crippen molar-refractivity contribution in [3.63, 3.8) is 0 Å². The van der Waals surface area contributed by atoms with Gasteiger partial charge in [0, 0.05) is 22.6 Å². The summed E-state index contributed by atoms with van der Waals surface area (Å²) in [4.78, 5) is 11.4. The fourth-order valence-corrected chi connectivity index (χ4v) is 2.83. The standard InChI is InChI=1S/C11H12N4O2S2/c12-11(18)14-13-9-2-1-5-19-10-4-3-7(15(16)17)6-8(9)10/h3-4,6H,1-2,5H2,(H3,12,14,18)/b13-9+. The maximum absolute atomic E-state index is 10.8. The number of hydrogen-bond acceptors (Lipinski definition) is 5. The lowest BCUT2D eigenvalue weighted by atomic mass is 10.1. The number of nitrogens with two attached hydrogens (primary N) is 1. The van der Waals surface area contributed by atoms with Gasteiger partial charge >= 0.3 is 0 Å². The quantitative estimate of drug-likeness (QED) is 0.492. The van der Waals surface area contributed by atoms with E-state index in [4.69, 9.17) is 18.0 Å². The number of hydrazone groups is 1. The zero-order chi connectivity index (χ0) is 13.8. The van der Waals surface area contributed by atoms with Crippen LogP contribution in [-0.2, 0) is 0 Å². The van der Waals surface area contributed by atoms with E-state index in [2.05, 4.69) is 10.5 Å². The van der Waals surface area contributed by atoms with Gasteiger partial charge in [0.05, 0.1) is 10.6 Å². The largest absolute Gasteiger partial charge is 0.375 e. The molecule has 3 N–H and O–H groups in total. The normalized spacial score (nSPS) is 16.5. The van der Waals surface area contributed by atoms with Gasteiger partial charge in [0.15, 0.2) is 5.11 Å². The minimum atomic E-state index is -0.408. The average Bonchev–Trinajstić information content (AvgIpc) is 2.57. The van der Waals surface area contributed by atoms with Crippen molar-refractivity contribution in [3.05, 3.63) is 33.9 Å². The van der Waals surface area contributed by atoms with Crippen molar-refractivity contribution in [3.8, 4) is 0 Å². The van der Waals surface area contributed by atoms with Crippen molar-refractivity contribution in [2.24, 2.45) is 10.8 Å². The monoisotopic (exact) mass is 296 g/mol. The number of thiocarbonyl (C=S) groups is 1. The molecular weight excluding hydrogens is 284 g/mol. The molecule has 2 rings (SSSR count). The first-order valence-electron chi connectivity index (χ1n) is 5.61. The molecule has 1 heterocycles. The van der Waals surface area contributed by atoms with Gasteiger partial charge in [-0.25, -0.2) is 0 Å². The number of benzene rings is 1. The van der Waals surface area contributed by atoms with Crippen LogP contribution in [-0.4, -0.2) is 21.5 Å². The minimum absolute atomic E-state index is 0.0595. The van der Waals surface area contributed by atoms with Crippen molar-refractivity contribution in [1.82, 2.24) is 5.43 Å². The van der Waals surface area contributed by atoms with E-state index in [0.29, 0.717) is 0 Å². The highest BCUT2D eigenvalue weighted by Crippen LogP contribution is 2.31. The summed E-state index contributed by atoms with van der Waals surface area (Å²) in [5.41, 5.74) is 9.48. The van der Waals surface area contributed by atoms with E-state index in [9.17, 15) is 10.1 Å². The third-order valence-corrected chi connectivity index (χ3v) is 3.85. The number of non-ortho nitro benzene ring substituents is 1. The number of fused-ring (bicyclic) bond motifs is 1. The number of nitrogens with zero attached hydrogens (tertiary/aromatic N) is 2. The Balaban J connectivity index is 2.43. The van der Waals surface area contributed by atoms with Crippen molar-refractivity contribution in [2.45, 2.75) is 17.7 Å². The Hall–Kier alpha value is -1.67. The van der Waals surface area contributed by atoms with Gasteiger partial charge in [-0.05, 0) is 36.9 Å². The van der Waals surface area contributed by atoms with Gasteiger partial charge in [-0.1, -0.05) is 0 Å². The van der Waals surface area contributed by atoms with Gasteiger partial charge in [-0.3, -0.25) is 15.5 Å². The lowest BCUT2D eigenvalue weighted by Gasteiger charge is -2.07. The molecule has 1 aliphatic heterocycles. The predicted molar refractivity (Wildman–Crippen MR) is 79.5 cm³/mol. The molecule has 6 nitrogen and oxygen atoms in total. The Bertz CT molecular complexity index is 560. The topological polar surface area (TPSA) is 93.5 Å². The number of nitro groups is 1. The first kappa shape index (κ1) is 13.8. The molecule has 1 aromatic carbocycles. The predicted octanol–water partition coefficient (Wildman–Crippen LogP) is 2.02. The smallest absolute Gasteiger partial charge is 0.270 e. The van der Waals surface area contributed by atoms with E-state index in [0.717, 1.165) is 34.8 Å². The summed E-state index contributed by atoms with van der Waals surface area (Å²) in [6.45, 7) is 0. The maximum Gasteiger partial charge on any atom is 0.270 e. The molecule has 1 aliphatic rings. The van der Waals surface area contributed by atoms with E-state index in [-0.39, 0.29) is 10.8 Å². The van der Waals surface area contributed by atoms with Crippen LogP contribution in [0.1, 0.15) is 18.4 Å². The summed E-state index contributed by atoms with van der Waals surface area (Å²) < 4.78 is 0. The van der Waals surface area contributed by atoms with Crippen molar-refractivity contribution >= 4 is 40.5 Å². The molecule has 0 saturated heterocycles. The van der Waals surface area contributed by atoms with Crippen LogP contribution in [0.25, 0.3) is 0 Å². The summed E-state index contributed by atoms with van der Waals surface area (Å²) in [6, 6.07) is 4.82. The molecule has 0 radical (unpaired) electrons. The summed E-state index contributed by atoms with van der Waals surface area (Å²) in [5, 5.41) is 15.1. The van der Waals surface area contributed by atoms with E-state index >= 15 is 0 Å². The van der Waals surface area contributed by atoms with Gasteiger partial charge in [-0.15, -0.1) is 11.8 Å². The Morgan fingerprint density at radius 1 is 1.58 bits per heavy atom. The Morgan fingerprint density at radius 2 is 2.37 bits per heavy atom. The van der Waals surface area contributed by atoms with Crippen LogP contribution in [0.3, 0.4) is 0 Å². The van der Waals surface area contributed by atoms with E-state index in [1.807, 2.05) is 0 Å². The number of nitrogens with one attached hydrogen (secondary N) is 1. The maximum atomic E-state index is 10.8. The highest BCUT2D eigenvalue weighted by molar-refractivity contribution is 7.99. The fourth-order valence-electron chi connectivity index (χ4n) is 1.78. The molecule has 0 saturated carbocycles. The third kappa shape index (κ3) is 3.42. The molecule has 0 bridgehead atoms. The van der Waals surface area contributed by atoms with Gasteiger partial charge < -0.3 is 5.73 Å². The third-order valence-electron chi connectivity index (χ3n) is 2.60. The van der Waals surface area contributed by atoms with Crippen LogP contribution in [0.5, 0.6) is 0 Å². The highest BCUT2D eigenvalue weighted by atomic mass is 32.2. The molecule has 0 unspecified atom stereocenters. The van der Waals surface area contributed by atoms with Crippen molar-refractivity contribution < 1.29 is 4.92 Å². The van der Waals surface area contributed by atoms with E-state index in [1.165, 1.54) is 6.07 Å².